The number of hydrogen-bond acceptors (Lipinski definition) is 3. The topological polar surface area (TPSA) is 63.5 Å². The molecule has 1 aromatic rings. The molecular formula is C13H17BrN2O3. The molecule has 0 bridgehead atoms. The summed E-state index contributed by atoms with van der Waals surface area (Å²) < 4.78 is 0. The number of aryl methyl sites for hydroxylation is 1. The van der Waals surface area contributed by atoms with Gasteiger partial charge in [-0.1, -0.05) is 28.1 Å². The Balaban J connectivity index is 3.25. The monoisotopic (exact) mass is 328 g/mol. The molecule has 0 saturated heterocycles. The number of amides is 1. The number of hydrogen-bond donors (Lipinski definition) is 0. The minimum Gasteiger partial charge on any atom is -0.335 e. The van der Waals surface area contributed by atoms with Gasteiger partial charge in [-0.25, -0.2) is 0 Å². The van der Waals surface area contributed by atoms with Crippen molar-refractivity contribution in [2.45, 2.75) is 26.8 Å². The van der Waals surface area contributed by atoms with Crippen LogP contribution in [0.2, 0.25) is 0 Å². The fourth-order valence-electron chi connectivity index (χ4n) is 1.91. The number of nitrogens with zero attached hydrogens (tertiary/aromatic N) is 2. The Kier molecular flexibility index (Phi) is 5.47. The quantitative estimate of drug-likeness (QED) is 0.474. The molecule has 0 aliphatic carbocycles. The molecule has 0 N–H and O–H groups in total. The van der Waals surface area contributed by atoms with Crippen molar-refractivity contribution in [1.29, 1.82) is 0 Å². The SMILES string of the molecule is Cc1cccc(C(=O)N(CCBr)C(C)C)c1[N+](=O)[O-]. The van der Waals surface area contributed by atoms with Crippen LogP contribution in [0.5, 0.6) is 0 Å². The Morgan fingerprint density at radius 1 is 1.47 bits per heavy atom. The molecule has 1 rings (SSSR count). The Labute approximate surface area is 120 Å². The highest BCUT2D eigenvalue weighted by atomic mass is 79.9. The van der Waals surface area contributed by atoms with Gasteiger partial charge in [-0.05, 0) is 26.8 Å². The van der Waals surface area contributed by atoms with E-state index in [9.17, 15) is 14.9 Å². The summed E-state index contributed by atoms with van der Waals surface area (Å²) >= 11 is 3.29. The fraction of sp³-hybridized carbons (Fsp3) is 0.462. The van der Waals surface area contributed by atoms with Crippen LogP contribution >= 0.6 is 15.9 Å². The first-order valence-corrected chi connectivity index (χ1v) is 7.13. The molecule has 1 amide bonds. The smallest absolute Gasteiger partial charge is 0.285 e. The van der Waals surface area contributed by atoms with Crippen molar-refractivity contribution in [2.24, 2.45) is 0 Å². The lowest BCUT2D eigenvalue weighted by molar-refractivity contribution is -0.385. The van der Waals surface area contributed by atoms with Gasteiger partial charge in [0.15, 0.2) is 0 Å². The van der Waals surface area contributed by atoms with Crippen molar-refractivity contribution in [3.05, 3.63) is 39.4 Å². The number of halogens is 1. The van der Waals surface area contributed by atoms with Gasteiger partial charge in [-0.15, -0.1) is 0 Å². The van der Waals surface area contributed by atoms with E-state index in [2.05, 4.69) is 15.9 Å². The van der Waals surface area contributed by atoms with Gasteiger partial charge in [0, 0.05) is 23.5 Å². The first-order valence-electron chi connectivity index (χ1n) is 6.01. The van der Waals surface area contributed by atoms with Gasteiger partial charge in [0.25, 0.3) is 11.6 Å². The average Bonchev–Trinajstić information content (AvgIpc) is 2.33. The van der Waals surface area contributed by atoms with E-state index in [0.717, 1.165) is 0 Å². The lowest BCUT2D eigenvalue weighted by Crippen LogP contribution is -2.38. The molecular weight excluding hydrogens is 312 g/mol. The van der Waals surface area contributed by atoms with Crippen molar-refractivity contribution in [2.75, 3.05) is 11.9 Å². The van der Waals surface area contributed by atoms with Gasteiger partial charge < -0.3 is 4.90 Å². The maximum absolute atomic E-state index is 12.5. The van der Waals surface area contributed by atoms with Crippen LogP contribution in [0.1, 0.15) is 29.8 Å². The summed E-state index contributed by atoms with van der Waals surface area (Å²) in [7, 11) is 0. The predicted molar refractivity (Wildman–Crippen MR) is 77.8 cm³/mol. The fourth-order valence-corrected chi connectivity index (χ4v) is 2.30. The summed E-state index contributed by atoms with van der Waals surface area (Å²) in [6.45, 7) is 5.94. The van der Waals surface area contributed by atoms with Gasteiger partial charge in [-0.3, -0.25) is 14.9 Å². The minimum absolute atomic E-state index is 0.00911. The summed E-state index contributed by atoms with van der Waals surface area (Å²) in [5.74, 6) is -0.301. The zero-order valence-electron chi connectivity index (χ0n) is 11.2. The maximum Gasteiger partial charge on any atom is 0.285 e. The van der Waals surface area contributed by atoms with E-state index in [-0.39, 0.29) is 23.2 Å². The lowest BCUT2D eigenvalue weighted by atomic mass is 10.1. The highest BCUT2D eigenvalue weighted by Gasteiger charge is 2.27. The number of carbonyl (C=O) groups excluding carboxylic acids is 1. The van der Waals surface area contributed by atoms with Crippen LogP contribution in [-0.4, -0.2) is 33.6 Å². The van der Waals surface area contributed by atoms with Crippen molar-refractivity contribution in [3.8, 4) is 0 Å². The predicted octanol–water partition coefficient (Wildman–Crippen LogP) is 3.15. The molecule has 19 heavy (non-hydrogen) atoms. The summed E-state index contributed by atoms with van der Waals surface area (Å²) in [5.41, 5.74) is 0.547. The van der Waals surface area contributed by atoms with Crippen LogP contribution in [0.25, 0.3) is 0 Å². The first kappa shape index (κ1) is 15.6. The Bertz CT molecular complexity index is 489. The molecule has 104 valence electrons. The first-order chi connectivity index (χ1) is 8.90. The van der Waals surface area contributed by atoms with Gasteiger partial charge in [0.1, 0.15) is 5.56 Å². The molecule has 0 saturated carbocycles. The zero-order valence-corrected chi connectivity index (χ0v) is 12.8. The number of nitro groups is 1. The van der Waals surface area contributed by atoms with E-state index < -0.39 is 4.92 Å². The highest BCUT2D eigenvalue weighted by Crippen LogP contribution is 2.25. The molecule has 0 fully saturated rings. The second kappa shape index (κ2) is 6.65. The minimum atomic E-state index is -0.491. The molecule has 1 aromatic carbocycles. The molecule has 0 heterocycles. The summed E-state index contributed by atoms with van der Waals surface area (Å²) in [6, 6.07) is 4.81. The summed E-state index contributed by atoms with van der Waals surface area (Å²) in [6.07, 6.45) is 0. The van der Waals surface area contributed by atoms with Crippen molar-refractivity contribution in [1.82, 2.24) is 4.90 Å². The van der Waals surface area contributed by atoms with Gasteiger partial charge in [0.05, 0.1) is 4.92 Å². The van der Waals surface area contributed by atoms with Crippen LogP contribution in [0.4, 0.5) is 5.69 Å². The standard InChI is InChI=1S/C13H17BrN2O3/c1-9(2)15(8-7-14)13(17)11-6-4-5-10(3)12(11)16(18)19/h4-6,9H,7-8H2,1-3H3. The molecule has 0 radical (unpaired) electrons. The third kappa shape index (κ3) is 3.53. The molecule has 0 aromatic heterocycles. The van der Waals surface area contributed by atoms with Crippen molar-refractivity contribution in [3.63, 3.8) is 0 Å². The molecule has 0 unspecified atom stereocenters. The molecule has 0 spiro atoms. The third-order valence-electron chi connectivity index (χ3n) is 2.86. The average molecular weight is 329 g/mol. The largest absolute Gasteiger partial charge is 0.335 e. The van der Waals surface area contributed by atoms with Crippen LogP contribution < -0.4 is 0 Å². The highest BCUT2D eigenvalue weighted by molar-refractivity contribution is 9.09. The number of rotatable bonds is 5. The number of nitro benzene ring substituents is 1. The van der Waals surface area contributed by atoms with Crippen molar-refractivity contribution < 1.29 is 9.72 Å². The number of carbonyl (C=O) groups is 1. The van der Waals surface area contributed by atoms with Crippen LogP contribution in [0.15, 0.2) is 18.2 Å². The second-order valence-corrected chi connectivity index (χ2v) is 5.30. The summed E-state index contributed by atoms with van der Waals surface area (Å²) in [5, 5.41) is 11.8. The molecule has 0 aliphatic heterocycles. The molecule has 6 heteroatoms. The number of para-hydroxylation sites is 1. The zero-order chi connectivity index (χ0) is 14.6. The Morgan fingerprint density at radius 3 is 2.58 bits per heavy atom. The second-order valence-electron chi connectivity index (χ2n) is 4.51. The molecule has 0 aliphatic rings. The normalized spacial score (nSPS) is 10.6. The Hall–Kier alpha value is -1.43. The van der Waals surface area contributed by atoms with Crippen molar-refractivity contribution >= 4 is 27.5 Å². The van der Waals surface area contributed by atoms with E-state index in [1.807, 2.05) is 13.8 Å². The lowest BCUT2D eigenvalue weighted by Gasteiger charge is -2.26. The maximum atomic E-state index is 12.5. The summed E-state index contributed by atoms with van der Waals surface area (Å²) in [4.78, 5) is 24.7. The van der Waals surface area contributed by atoms with E-state index >= 15 is 0 Å². The van der Waals surface area contributed by atoms with E-state index in [4.69, 9.17) is 0 Å². The van der Waals surface area contributed by atoms with Crippen LogP contribution in [-0.2, 0) is 0 Å². The number of benzene rings is 1. The van der Waals surface area contributed by atoms with Gasteiger partial charge in [0.2, 0.25) is 0 Å². The van der Waals surface area contributed by atoms with Gasteiger partial charge >= 0.3 is 0 Å². The van der Waals surface area contributed by atoms with E-state index in [1.165, 1.54) is 6.07 Å². The van der Waals surface area contributed by atoms with Gasteiger partial charge in [-0.2, -0.15) is 0 Å². The molecule has 0 atom stereocenters. The molecule has 5 nitrogen and oxygen atoms in total. The van der Waals surface area contributed by atoms with Crippen LogP contribution in [0.3, 0.4) is 0 Å². The van der Waals surface area contributed by atoms with E-state index in [1.54, 1.807) is 24.0 Å². The third-order valence-corrected chi connectivity index (χ3v) is 3.22. The van der Waals surface area contributed by atoms with Crippen LogP contribution in [0, 0.1) is 17.0 Å². The van der Waals surface area contributed by atoms with E-state index in [0.29, 0.717) is 17.4 Å². The Morgan fingerprint density at radius 2 is 2.11 bits per heavy atom. The number of alkyl halides is 1.